The average Bonchev–Trinajstić information content (AvgIpc) is 2.74. The van der Waals surface area contributed by atoms with Crippen molar-refractivity contribution in [3.8, 4) is 0 Å². The minimum atomic E-state index is -1.07. The highest BCUT2D eigenvalue weighted by Crippen LogP contribution is 2.34. The highest BCUT2D eigenvalue weighted by atomic mass is 16.6. The summed E-state index contributed by atoms with van der Waals surface area (Å²) in [5, 5.41) is 11.9. The summed E-state index contributed by atoms with van der Waals surface area (Å²) in [6, 6.07) is 13.8. The molecule has 1 aliphatic heterocycles. The van der Waals surface area contributed by atoms with E-state index in [-0.39, 0.29) is 18.8 Å². The summed E-state index contributed by atoms with van der Waals surface area (Å²) in [6.07, 6.45) is 0. The standard InChI is InChI=1S/C22H22N2O6/c1-14-18(21(27)30-13-12-29-2)19(15-6-4-3-5-7-15)23-22(28)24(14)17-10-8-16(9-11-17)20(25)26/h3-11,19H,12-13H2,1-2H3,(H,23,28)(H,25,26). The highest BCUT2D eigenvalue weighted by Gasteiger charge is 2.37. The van der Waals surface area contributed by atoms with E-state index >= 15 is 0 Å². The van der Waals surface area contributed by atoms with E-state index in [1.54, 1.807) is 6.92 Å². The van der Waals surface area contributed by atoms with Crippen molar-refractivity contribution in [2.24, 2.45) is 0 Å². The van der Waals surface area contributed by atoms with Gasteiger partial charge in [-0.3, -0.25) is 4.90 Å². The number of urea groups is 1. The molecule has 8 heteroatoms. The Morgan fingerprint density at radius 2 is 1.73 bits per heavy atom. The van der Waals surface area contributed by atoms with E-state index in [4.69, 9.17) is 14.6 Å². The number of methoxy groups -OCH3 is 1. The van der Waals surface area contributed by atoms with E-state index in [0.717, 1.165) is 5.56 Å². The Morgan fingerprint density at radius 3 is 2.33 bits per heavy atom. The molecule has 1 atom stereocenters. The monoisotopic (exact) mass is 410 g/mol. The van der Waals surface area contributed by atoms with Gasteiger partial charge in [0.1, 0.15) is 6.61 Å². The van der Waals surface area contributed by atoms with Gasteiger partial charge < -0.3 is 19.9 Å². The molecule has 0 spiro atoms. The number of hydrogen-bond acceptors (Lipinski definition) is 5. The fraction of sp³-hybridized carbons (Fsp3) is 0.227. The number of hydrogen-bond donors (Lipinski definition) is 2. The van der Waals surface area contributed by atoms with Crippen molar-refractivity contribution < 1.29 is 29.0 Å². The predicted molar refractivity (Wildman–Crippen MR) is 109 cm³/mol. The molecule has 0 fully saturated rings. The van der Waals surface area contributed by atoms with Gasteiger partial charge in [-0.15, -0.1) is 0 Å². The van der Waals surface area contributed by atoms with Crippen LogP contribution in [-0.2, 0) is 14.3 Å². The number of anilines is 1. The molecule has 2 aromatic rings. The van der Waals surface area contributed by atoms with Crippen LogP contribution in [-0.4, -0.2) is 43.4 Å². The quantitative estimate of drug-likeness (QED) is 0.537. The lowest BCUT2D eigenvalue weighted by Crippen LogP contribution is -2.48. The number of nitrogens with one attached hydrogen (secondary N) is 1. The molecule has 0 aliphatic carbocycles. The fourth-order valence-electron chi connectivity index (χ4n) is 3.26. The molecule has 1 unspecified atom stereocenters. The van der Waals surface area contributed by atoms with E-state index in [1.165, 1.54) is 36.3 Å². The van der Waals surface area contributed by atoms with Gasteiger partial charge in [0.25, 0.3) is 0 Å². The number of carboxylic acid groups (broad SMARTS) is 1. The second kappa shape index (κ2) is 9.23. The minimum absolute atomic E-state index is 0.0783. The van der Waals surface area contributed by atoms with Gasteiger partial charge in [-0.25, -0.2) is 14.4 Å². The van der Waals surface area contributed by atoms with Gasteiger partial charge in [-0.1, -0.05) is 30.3 Å². The number of allylic oxidation sites excluding steroid dienone is 1. The van der Waals surface area contributed by atoms with Gasteiger partial charge in [-0.05, 0) is 36.8 Å². The number of ether oxygens (including phenoxy) is 2. The normalized spacial score (nSPS) is 16.3. The summed E-state index contributed by atoms with van der Waals surface area (Å²) >= 11 is 0. The van der Waals surface area contributed by atoms with Crippen LogP contribution in [0.2, 0.25) is 0 Å². The van der Waals surface area contributed by atoms with Crippen LogP contribution >= 0.6 is 0 Å². The van der Waals surface area contributed by atoms with Gasteiger partial charge >= 0.3 is 18.0 Å². The van der Waals surface area contributed by atoms with E-state index in [0.29, 0.717) is 17.0 Å². The van der Waals surface area contributed by atoms with E-state index < -0.39 is 24.0 Å². The van der Waals surface area contributed by atoms with Crippen molar-refractivity contribution in [3.05, 3.63) is 77.0 Å². The summed E-state index contributed by atoms with van der Waals surface area (Å²) in [5.74, 6) is -1.63. The van der Waals surface area contributed by atoms with Crippen LogP contribution < -0.4 is 10.2 Å². The van der Waals surface area contributed by atoms with Crippen LogP contribution in [0.1, 0.15) is 28.9 Å². The number of aromatic carboxylic acids is 1. The van der Waals surface area contributed by atoms with Crippen molar-refractivity contribution in [1.82, 2.24) is 5.32 Å². The first-order valence-electron chi connectivity index (χ1n) is 9.29. The van der Waals surface area contributed by atoms with Gasteiger partial charge in [0, 0.05) is 12.8 Å². The second-order valence-electron chi connectivity index (χ2n) is 6.61. The van der Waals surface area contributed by atoms with Crippen LogP contribution in [0.4, 0.5) is 10.5 Å². The first kappa shape index (κ1) is 21.1. The van der Waals surface area contributed by atoms with Gasteiger partial charge in [0.05, 0.1) is 29.5 Å². The predicted octanol–water partition coefficient (Wildman–Crippen LogP) is 3.12. The molecule has 0 aromatic heterocycles. The van der Waals surface area contributed by atoms with Crippen LogP contribution in [0.25, 0.3) is 0 Å². The molecule has 156 valence electrons. The SMILES string of the molecule is COCCOC(=O)C1=C(C)N(c2ccc(C(=O)O)cc2)C(=O)NC1c1ccccc1. The molecule has 0 saturated carbocycles. The number of rotatable bonds is 7. The summed E-state index contributed by atoms with van der Waals surface area (Å²) in [7, 11) is 1.51. The Labute approximate surface area is 173 Å². The lowest BCUT2D eigenvalue weighted by atomic mass is 9.94. The van der Waals surface area contributed by atoms with E-state index in [1.807, 2.05) is 30.3 Å². The molecule has 8 nitrogen and oxygen atoms in total. The van der Waals surface area contributed by atoms with Crippen molar-refractivity contribution >= 4 is 23.7 Å². The Kier molecular flexibility index (Phi) is 6.48. The topological polar surface area (TPSA) is 105 Å². The van der Waals surface area contributed by atoms with E-state index in [9.17, 15) is 14.4 Å². The zero-order valence-electron chi connectivity index (χ0n) is 16.6. The molecular formula is C22H22N2O6. The van der Waals surface area contributed by atoms with Gasteiger partial charge in [0.15, 0.2) is 0 Å². The highest BCUT2D eigenvalue weighted by molar-refractivity contribution is 6.03. The number of carbonyl (C=O) groups excluding carboxylic acids is 2. The van der Waals surface area contributed by atoms with E-state index in [2.05, 4.69) is 5.32 Å². The lowest BCUT2D eigenvalue weighted by Gasteiger charge is -2.35. The first-order chi connectivity index (χ1) is 14.4. The maximum Gasteiger partial charge on any atom is 0.338 e. The molecule has 3 rings (SSSR count). The number of amides is 2. The molecule has 2 amide bonds. The Morgan fingerprint density at radius 1 is 1.07 bits per heavy atom. The average molecular weight is 410 g/mol. The van der Waals surface area contributed by atoms with Crippen LogP contribution in [0, 0.1) is 0 Å². The first-order valence-corrected chi connectivity index (χ1v) is 9.29. The summed E-state index contributed by atoms with van der Waals surface area (Å²) in [4.78, 5) is 38.3. The maximum absolute atomic E-state index is 12.9. The molecule has 2 aromatic carbocycles. The third-order valence-electron chi connectivity index (χ3n) is 4.73. The third-order valence-corrected chi connectivity index (χ3v) is 4.73. The summed E-state index contributed by atoms with van der Waals surface area (Å²) in [6.45, 7) is 1.99. The number of carbonyl (C=O) groups is 3. The maximum atomic E-state index is 12.9. The van der Waals surface area contributed by atoms with Gasteiger partial charge in [0.2, 0.25) is 0 Å². The molecule has 2 N–H and O–H groups in total. The number of carboxylic acids is 1. The third kappa shape index (κ3) is 4.33. The molecule has 0 radical (unpaired) electrons. The Bertz CT molecular complexity index is 969. The minimum Gasteiger partial charge on any atom is -0.478 e. The van der Waals surface area contributed by atoms with Crippen molar-refractivity contribution in [3.63, 3.8) is 0 Å². The fourth-order valence-corrected chi connectivity index (χ4v) is 3.26. The molecule has 0 saturated heterocycles. The molecular weight excluding hydrogens is 388 g/mol. The Hall–Kier alpha value is -3.65. The number of esters is 1. The van der Waals surface area contributed by atoms with Crippen molar-refractivity contribution in [2.75, 3.05) is 25.2 Å². The van der Waals surface area contributed by atoms with Crippen LogP contribution in [0.15, 0.2) is 65.9 Å². The largest absolute Gasteiger partial charge is 0.478 e. The summed E-state index contributed by atoms with van der Waals surface area (Å²) < 4.78 is 10.3. The Balaban J connectivity index is 2.04. The van der Waals surface area contributed by atoms with Crippen LogP contribution in [0.5, 0.6) is 0 Å². The van der Waals surface area contributed by atoms with Crippen molar-refractivity contribution in [2.45, 2.75) is 13.0 Å². The molecule has 1 heterocycles. The van der Waals surface area contributed by atoms with Gasteiger partial charge in [-0.2, -0.15) is 0 Å². The zero-order chi connectivity index (χ0) is 21.7. The number of benzene rings is 2. The second-order valence-corrected chi connectivity index (χ2v) is 6.61. The van der Waals surface area contributed by atoms with Crippen molar-refractivity contribution in [1.29, 1.82) is 0 Å². The zero-order valence-corrected chi connectivity index (χ0v) is 16.6. The van der Waals surface area contributed by atoms with Crippen LogP contribution in [0.3, 0.4) is 0 Å². The lowest BCUT2D eigenvalue weighted by molar-refractivity contribution is -0.140. The molecule has 30 heavy (non-hydrogen) atoms. The molecule has 1 aliphatic rings. The summed E-state index contributed by atoms with van der Waals surface area (Å²) in [5.41, 5.74) is 1.96. The smallest absolute Gasteiger partial charge is 0.338 e. The number of nitrogens with zero attached hydrogens (tertiary/aromatic N) is 1. The molecule has 0 bridgehead atoms.